The number of hydrogen-bond acceptors (Lipinski definition) is 4. The molecule has 2 unspecified atom stereocenters. The van der Waals surface area contributed by atoms with Crippen LogP contribution >= 0.6 is 22.9 Å². The zero-order chi connectivity index (χ0) is 21.6. The summed E-state index contributed by atoms with van der Waals surface area (Å²) in [6.07, 6.45) is 6.68. The van der Waals surface area contributed by atoms with Crippen LogP contribution in [0.3, 0.4) is 0 Å². The van der Waals surface area contributed by atoms with Crippen molar-refractivity contribution < 1.29 is 9.59 Å². The quantitative estimate of drug-likeness (QED) is 0.364. The van der Waals surface area contributed by atoms with E-state index in [-0.39, 0.29) is 23.7 Å². The molecule has 1 heterocycles. The van der Waals surface area contributed by atoms with Crippen molar-refractivity contribution in [2.45, 2.75) is 31.6 Å². The maximum atomic E-state index is 12.9. The number of rotatable bonds is 7. The molecule has 1 aliphatic carbocycles. The van der Waals surface area contributed by atoms with Crippen LogP contribution in [-0.4, -0.2) is 23.3 Å². The van der Waals surface area contributed by atoms with Gasteiger partial charge in [-0.15, -0.1) is 11.3 Å². The molecule has 160 valence electrons. The Bertz CT molecular complexity index is 1060. The van der Waals surface area contributed by atoms with Crippen LogP contribution in [0.25, 0.3) is 10.2 Å². The van der Waals surface area contributed by atoms with Crippen LogP contribution < -0.4 is 10.6 Å². The van der Waals surface area contributed by atoms with E-state index in [9.17, 15) is 9.59 Å². The largest absolute Gasteiger partial charge is 0.356 e. The van der Waals surface area contributed by atoms with E-state index in [1.54, 1.807) is 35.6 Å². The molecule has 0 aliphatic heterocycles. The number of thiazole rings is 1. The van der Waals surface area contributed by atoms with Crippen LogP contribution in [0, 0.1) is 5.92 Å². The summed E-state index contributed by atoms with van der Waals surface area (Å²) in [6, 6.07) is 15.1. The molecule has 2 atom stereocenters. The van der Waals surface area contributed by atoms with E-state index in [2.05, 4.69) is 28.9 Å². The first kappa shape index (κ1) is 21.5. The maximum absolute atomic E-state index is 12.9. The number of anilines is 1. The fourth-order valence-corrected chi connectivity index (χ4v) is 5.05. The van der Waals surface area contributed by atoms with Crippen molar-refractivity contribution in [3.8, 4) is 0 Å². The van der Waals surface area contributed by atoms with Gasteiger partial charge in [-0.25, -0.2) is 4.98 Å². The average molecular weight is 454 g/mol. The van der Waals surface area contributed by atoms with E-state index < -0.39 is 0 Å². The Labute approximate surface area is 190 Å². The number of carbonyl (C=O) groups excluding carboxylic acids is 2. The molecule has 0 saturated carbocycles. The van der Waals surface area contributed by atoms with Crippen LogP contribution in [0.1, 0.15) is 36.6 Å². The summed E-state index contributed by atoms with van der Waals surface area (Å²) in [5.74, 6) is -0.0831. The van der Waals surface area contributed by atoms with Gasteiger partial charge < -0.3 is 10.6 Å². The number of fused-ring (bicyclic) bond motifs is 1. The Kier molecular flexibility index (Phi) is 6.99. The number of halogens is 1. The van der Waals surface area contributed by atoms with E-state index in [1.165, 1.54) is 0 Å². The molecule has 5 nitrogen and oxygen atoms in total. The van der Waals surface area contributed by atoms with Crippen LogP contribution in [0.15, 0.2) is 60.7 Å². The van der Waals surface area contributed by atoms with Crippen LogP contribution in [0.4, 0.5) is 5.69 Å². The van der Waals surface area contributed by atoms with Gasteiger partial charge in [0.2, 0.25) is 11.8 Å². The van der Waals surface area contributed by atoms with Gasteiger partial charge in [0.05, 0.1) is 21.1 Å². The zero-order valence-electron chi connectivity index (χ0n) is 17.0. The molecular weight excluding hydrogens is 430 g/mol. The smallest absolute Gasteiger partial charge is 0.224 e. The Morgan fingerprint density at radius 2 is 1.84 bits per heavy atom. The maximum Gasteiger partial charge on any atom is 0.224 e. The van der Waals surface area contributed by atoms with Gasteiger partial charge in [0.15, 0.2) is 0 Å². The number of benzene rings is 2. The van der Waals surface area contributed by atoms with Crippen molar-refractivity contribution in [2.75, 3.05) is 11.9 Å². The highest BCUT2D eigenvalue weighted by atomic mass is 35.5. The predicted octanol–water partition coefficient (Wildman–Crippen LogP) is 5.53. The summed E-state index contributed by atoms with van der Waals surface area (Å²) in [4.78, 5) is 29.8. The fourth-order valence-electron chi connectivity index (χ4n) is 3.77. The average Bonchev–Trinajstić information content (AvgIpc) is 3.22. The Morgan fingerprint density at radius 1 is 1.06 bits per heavy atom. The van der Waals surface area contributed by atoms with E-state index >= 15 is 0 Å². The second kappa shape index (κ2) is 10.1. The molecule has 2 N–H and O–H groups in total. The SMILES string of the molecule is O=C(CCCNC(=O)C1CC=CCC1c1nc2ccccc2s1)Nc1ccc(Cl)cc1. The summed E-state index contributed by atoms with van der Waals surface area (Å²) in [6.45, 7) is 0.472. The lowest BCUT2D eigenvalue weighted by Gasteiger charge is -2.26. The highest BCUT2D eigenvalue weighted by molar-refractivity contribution is 7.18. The number of aromatic nitrogens is 1. The highest BCUT2D eigenvalue weighted by Crippen LogP contribution is 2.38. The monoisotopic (exact) mass is 453 g/mol. The van der Waals surface area contributed by atoms with Crippen molar-refractivity contribution in [1.82, 2.24) is 10.3 Å². The second-order valence-electron chi connectivity index (χ2n) is 7.63. The van der Waals surface area contributed by atoms with Gasteiger partial charge in [-0.05, 0) is 55.7 Å². The summed E-state index contributed by atoms with van der Waals surface area (Å²) < 4.78 is 1.15. The summed E-state index contributed by atoms with van der Waals surface area (Å²) >= 11 is 7.53. The molecule has 1 aromatic heterocycles. The molecule has 3 aromatic rings. The number of para-hydroxylation sites is 1. The summed E-state index contributed by atoms with van der Waals surface area (Å²) in [5, 5.41) is 7.50. The van der Waals surface area contributed by atoms with Gasteiger partial charge in [-0.3, -0.25) is 9.59 Å². The van der Waals surface area contributed by atoms with E-state index in [0.717, 1.165) is 21.6 Å². The number of amides is 2. The summed E-state index contributed by atoms with van der Waals surface area (Å²) in [5.41, 5.74) is 1.70. The molecule has 2 amide bonds. The lowest BCUT2D eigenvalue weighted by atomic mass is 9.82. The van der Waals surface area contributed by atoms with Gasteiger partial charge in [0.1, 0.15) is 0 Å². The highest BCUT2D eigenvalue weighted by Gasteiger charge is 2.32. The van der Waals surface area contributed by atoms with Crippen LogP contribution in [-0.2, 0) is 9.59 Å². The second-order valence-corrected chi connectivity index (χ2v) is 9.12. The first-order valence-corrected chi connectivity index (χ1v) is 11.6. The molecule has 31 heavy (non-hydrogen) atoms. The Balaban J connectivity index is 1.28. The standard InChI is InChI=1S/C24H24ClN3O2S/c25-16-11-13-17(14-12-16)27-22(29)10-5-15-26-23(30)18-6-1-2-7-19(18)24-28-20-8-3-4-9-21(20)31-24/h1-4,8-9,11-14,18-19H,5-7,10,15H2,(H,26,30)(H,27,29). The minimum Gasteiger partial charge on any atom is -0.356 e. The van der Waals surface area contributed by atoms with Gasteiger partial charge >= 0.3 is 0 Å². The first-order chi connectivity index (χ1) is 15.1. The molecule has 0 fully saturated rings. The van der Waals surface area contributed by atoms with Crippen molar-refractivity contribution in [3.05, 3.63) is 70.7 Å². The predicted molar refractivity (Wildman–Crippen MR) is 127 cm³/mol. The third-order valence-corrected chi connectivity index (χ3v) is 6.82. The van der Waals surface area contributed by atoms with Gasteiger partial charge in [0.25, 0.3) is 0 Å². The van der Waals surface area contributed by atoms with Crippen LogP contribution in [0.5, 0.6) is 0 Å². The fraction of sp³-hybridized carbons (Fsp3) is 0.292. The number of carbonyl (C=O) groups is 2. The van der Waals surface area contributed by atoms with E-state index in [4.69, 9.17) is 16.6 Å². The molecule has 1 aliphatic rings. The van der Waals surface area contributed by atoms with Crippen molar-refractivity contribution in [3.63, 3.8) is 0 Å². The topological polar surface area (TPSA) is 71.1 Å². The Hall–Kier alpha value is -2.70. The first-order valence-electron chi connectivity index (χ1n) is 10.4. The molecule has 0 radical (unpaired) electrons. The van der Waals surface area contributed by atoms with Gasteiger partial charge in [-0.2, -0.15) is 0 Å². The lowest BCUT2D eigenvalue weighted by molar-refractivity contribution is -0.126. The molecule has 2 aromatic carbocycles. The van der Waals surface area contributed by atoms with Crippen molar-refractivity contribution >= 4 is 50.7 Å². The van der Waals surface area contributed by atoms with Gasteiger partial charge in [0, 0.05) is 29.6 Å². The minimum atomic E-state index is -0.131. The molecule has 7 heteroatoms. The number of hydrogen-bond donors (Lipinski definition) is 2. The third kappa shape index (κ3) is 5.51. The van der Waals surface area contributed by atoms with Crippen molar-refractivity contribution in [1.29, 1.82) is 0 Å². The Morgan fingerprint density at radius 3 is 2.65 bits per heavy atom. The van der Waals surface area contributed by atoms with Crippen molar-refractivity contribution in [2.24, 2.45) is 5.92 Å². The van der Waals surface area contributed by atoms with E-state index in [1.807, 2.05) is 18.2 Å². The van der Waals surface area contributed by atoms with Gasteiger partial charge in [-0.1, -0.05) is 35.9 Å². The zero-order valence-corrected chi connectivity index (χ0v) is 18.6. The molecule has 0 saturated heterocycles. The van der Waals surface area contributed by atoms with E-state index in [0.29, 0.717) is 36.5 Å². The molecule has 0 bridgehead atoms. The molecule has 0 spiro atoms. The summed E-state index contributed by atoms with van der Waals surface area (Å²) in [7, 11) is 0. The minimum absolute atomic E-state index is 0.0340. The van der Waals surface area contributed by atoms with Crippen LogP contribution in [0.2, 0.25) is 5.02 Å². The molecular formula is C24H24ClN3O2S. The lowest BCUT2D eigenvalue weighted by Crippen LogP contribution is -2.35. The number of nitrogens with one attached hydrogen (secondary N) is 2. The molecule has 4 rings (SSSR count). The number of nitrogens with zero attached hydrogens (tertiary/aromatic N) is 1. The third-order valence-electron chi connectivity index (χ3n) is 5.40. The normalized spacial score (nSPS) is 18.1. The number of allylic oxidation sites excluding steroid dienone is 2.